The number of alkyl halides is 3. The second kappa shape index (κ2) is 6.28. The highest BCUT2D eigenvalue weighted by Gasteiger charge is 2.37. The van der Waals surface area contributed by atoms with Crippen molar-refractivity contribution >= 4 is 22.9 Å². The predicted molar refractivity (Wildman–Crippen MR) is 83.7 cm³/mol. The van der Waals surface area contributed by atoms with Crippen LogP contribution in [0.3, 0.4) is 0 Å². The number of amides is 1. The molecule has 0 bridgehead atoms. The van der Waals surface area contributed by atoms with E-state index in [1.54, 1.807) is 6.07 Å². The maximum absolute atomic E-state index is 13.7. The van der Waals surface area contributed by atoms with Crippen molar-refractivity contribution in [1.82, 2.24) is 14.8 Å². The van der Waals surface area contributed by atoms with Gasteiger partial charge in [0.2, 0.25) is 0 Å². The molecule has 0 fully saturated rings. The van der Waals surface area contributed by atoms with E-state index in [9.17, 15) is 22.4 Å². The number of aryl methyl sites for hydroxylation is 1. The maximum Gasteiger partial charge on any atom is 0.437 e. The fourth-order valence-corrected chi connectivity index (χ4v) is 2.95. The molecule has 0 saturated heterocycles. The molecule has 0 aliphatic carbocycles. The van der Waals surface area contributed by atoms with Gasteiger partial charge in [-0.3, -0.25) is 9.48 Å². The van der Waals surface area contributed by atoms with E-state index in [4.69, 9.17) is 0 Å². The van der Waals surface area contributed by atoms with Crippen molar-refractivity contribution in [3.63, 3.8) is 0 Å². The Hall–Kier alpha value is -2.75. The van der Waals surface area contributed by atoms with Crippen LogP contribution in [0.1, 0.15) is 15.4 Å². The minimum absolute atomic E-state index is 0.0511. The molecule has 0 atom stereocenters. The highest BCUT2D eigenvalue weighted by Crippen LogP contribution is 2.34. The van der Waals surface area contributed by atoms with Crippen molar-refractivity contribution < 1.29 is 22.4 Å². The molecule has 1 aromatic carbocycles. The molecule has 2 aromatic heterocycles. The number of aromatic nitrogens is 3. The van der Waals surface area contributed by atoms with E-state index >= 15 is 0 Å². The van der Waals surface area contributed by atoms with E-state index in [2.05, 4.69) is 15.4 Å². The first-order chi connectivity index (χ1) is 11.8. The van der Waals surface area contributed by atoms with Gasteiger partial charge in [-0.05, 0) is 12.1 Å². The summed E-state index contributed by atoms with van der Waals surface area (Å²) in [6, 6.07) is 5.88. The molecule has 1 amide bonds. The number of thiazole rings is 1. The average molecular weight is 370 g/mol. The van der Waals surface area contributed by atoms with Crippen molar-refractivity contribution in [3.8, 4) is 10.6 Å². The topological polar surface area (TPSA) is 59.8 Å². The van der Waals surface area contributed by atoms with Crippen LogP contribution in [0.2, 0.25) is 0 Å². The van der Waals surface area contributed by atoms with E-state index in [0.29, 0.717) is 0 Å². The minimum atomic E-state index is -4.70. The molecule has 3 rings (SSSR count). The smallest absolute Gasteiger partial charge is 0.318 e. The second-order valence-electron chi connectivity index (χ2n) is 5.03. The van der Waals surface area contributed by atoms with E-state index in [1.165, 1.54) is 31.4 Å². The molecule has 0 aliphatic rings. The molecule has 2 heterocycles. The Balaban J connectivity index is 1.85. The normalized spacial score (nSPS) is 11.6. The third kappa shape index (κ3) is 3.53. The first-order valence-corrected chi connectivity index (χ1v) is 7.70. The largest absolute Gasteiger partial charge is 0.437 e. The average Bonchev–Trinajstić information content (AvgIpc) is 3.14. The van der Waals surface area contributed by atoms with Crippen LogP contribution in [0.4, 0.5) is 23.2 Å². The highest BCUT2D eigenvalue weighted by molar-refractivity contribution is 7.17. The molecule has 5 nitrogen and oxygen atoms in total. The summed E-state index contributed by atoms with van der Waals surface area (Å²) < 4.78 is 53.4. The highest BCUT2D eigenvalue weighted by atomic mass is 32.1. The van der Waals surface area contributed by atoms with E-state index in [-0.39, 0.29) is 15.4 Å². The standard InChI is InChI=1S/C15H10F4N4OS/c1-23-7-10(12(22-23)15(17,18)19)21-13(24)11-6-20-14(25-11)8-4-2-3-5-9(8)16/h2-7H,1H3,(H,21,24). The molecule has 1 N–H and O–H groups in total. The van der Waals surface area contributed by atoms with Gasteiger partial charge in [0.15, 0.2) is 5.69 Å². The fourth-order valence-electron chi connectivity index (χ4n) is 2.11. The Labute approximate surface area is 142 Å². The van der Waals surface area contributed by atoms with Gasteiger partial charge in [0.05, 0.1) is 11.9 Å². The van der Waals surface area contributed by atoms with Gasteiger partial charge in [0.1, 0.15) is 15.7 Å². The zero-order chi connectivity index (χ0) is 18.2. The second-order valence-corrected chi connectivity index (χ2v) is 6.06. The Morgan fingerprint density at radius 3 is 2.68 bits per heavy atom. The summed E-state index contributed by atoms with van der Waals surface area (Å²) in [4.78, 5) is 16.2. The monoisotopic (exact) mass is 370 g/mol. The molecular weight excluding hydrogens is 360 g/mol. The van der Waals surface area contributed by atoms with Gasteiger partial charge in [-0.15, -0.1) is 11.3 Å². The Kier molecular flexibility index (Phi) is 4.29. The summed E-state index contributed by atoms with van der Waals surface area (Å²) in [7, 11) is 1.31. The van der Waals surface area contributed by atoms with Crippen LogP contribution in [0.5, 0.6) is 0 Å². The molecule has 10 heteroatoms. The van der Waals surface area contributed by atoms with E-state index in [0.717, 1.165) is 22.2 Å². The zero-order valence-electron chi connectivity index (χ0n) is 12.6. The first kappa shape index (κ1) is 17.1. The predicted octanol–water partition coefficient (Wildman–Crippen LogP) is 3.95. The fraction of sp³-hybridized carbons (Fsp3) is 0.133. The lowest BCUT2D eigenvalue weighted by Crippen LogP contribution is -2.15. The van der Waals surface area contributed by atoms with Crippen molar-refractivity contribution in [2.24, 2.45) is 7.05 Å². The van der Waals surface area contributed by atoms with Gasteiger partial charge in [0, 0.05) is 18.8 Å². The Morgan fingerprint density at radius 2 is 2.00 bits per heavy atom. The molecule has 0 spiro atoms. The number of hydrogen-bond donors (Lipinski definition) is 1. The van der Waals surface area contributed by atoms with Gasteiger partial charge in [-0.1, -0.05) is 12.1 Å². The minimum Gasteiger partial charge on any atom is -0.318 e. The quantitative estimate of drug-likeness (QED) is 0.710. The third-order valence-electron chi connectivity index (χ3n) is 3.18. The lowest BCUT2D eigenvalue weighted by molar-refractivity contribution is -0.140. The molecule has 0 radical (unpaired) electrons. The van der Waals surface area contributed by atoms with Crippen LogP contribution >= 0.6 is 11.3 Å². The molecule has 130 valence electrons. The SMILES string of the molecule is Cn1cc(NC(=O)c2cnc(-c3ccccc3F)s2)c(C(F)(F)F)n1. The van der Waals surface area contributed by atoms with Crippen LogP contribution in [-0.2, 0) is 13.2 Å². The maximum atomic E-state index is 13.7. The summed E-state index contributed by atoms with van der Waals surface area (Å²) in [5.41, 5.74) is -1.44. The summed E-state index contributed by atoms with van der Waals surface area (Å²) in [6.07, 6.45) is -2.46. The number of halogens is 4. The number of rotatable bonds is 3. The zero-order valence-corrected chi connectivity index (χ0v) is 13.5. The van der Waals surface area contributed by atoms with Crippen LogP contribution in [0.25, 0.3) is 10.6 Å². The van der Waals surface area contributed by atoms with Crippen molar-refractivity contribution in [3.05, 3.63) is 53.0 Å². The number of anilines is 1. The Morgan fingerprint density at radius 1 is 1.28 bits per heavy atom. The summed E-state index contributed by atoms with van der Waals surface area (Å²) in [5, 5.41) is 5.73. The lowest BCUT2D eigenvalue weighted by Gasteiger charge is -2.06. The van der Waals surface area contributed by atoms with Crippen molar-refractivity contribution in [1.29, 1.82) is 0 Å². The number of benzene rings is 1. The number of carbonyl (C=O) groups is 1. The van der Waals surface area contributed by atoms with Gasteiger partial charge in [0.25, 0.3) is 5.91 Å². The number of nitrogens with one attached hydrogen (secondary N) is 1. The van der Waals surface area contributed by atoms with Crippen LogP contribution in [0, 0.1) is 5.82 Å². The first-order valence-electron chi connectivity index (χ1n) is 6.88. The van der Waals surface area contributed by atoms with Crippen LogP contribution in [-0.4, -0.2) is 20.7 Å². The van der Waals surface area contributed by atoms with Crippen molar-refractivity contribution in [2.45, 2.75) is 6.18 Å². The van der Waals surface area contributed by atoms with Gasteiger partial charge >= 0.3 is 6.18 Å². The van der Waals surface area contributed by atoms with Gasteiger partial charge in [-0.25, -0.2) is 9.37 Å². The summed E-state index contributed by atoms with van der Waals surface area (Å²) in [5.74, 6) is -1.28. The molecular formula is C15H10F4N4OS. The molecule has 25 heavy (non-hydrogen) atoms. The summed E-state index contributed by atoms with van der Waals surface area (Å²) in [6.45, 7) is 0. The number of hydrogen-bond acceptors (Lipinski definition) is 4. The van der Waals surface area contributed by atoms with Crippen molar-refractivity contribution in [2.75, 3.05) is 5.32 Å². The van der Waals surface area contributed by atoms with Gasteiger partial charge < -0.3 is 5.32 Å². The van der Waals surface area contributed by atoms with Crippen LogP contribution < -0.4 is 5.32 Å². The Bertz CT molecular complexity index is 932. The molecule has 0 aliphatic heterocycles. The number of carbonyl (C=O) groups excluding carboxylic acids is 1. The van der Waals surface area contributed by atoms with E-state index < -0.39 is 29.3 Å². The molecule has 0 unspecified atom stereocenters. The number of nitrogens with zero attached hydrogens (tertiary/aromatic N) is 3. The lowest BCUT2D eigenvalue weighted by atomic mass is 10.2. The summed E-state index contributed by atoms with van der Waals surface area (Å²) >= 11 is 0.876. The van der Waals surface area contributed by atoms with E-state index in [1.807, 2.05) is 0 Å². The van der Waals surface area contributed by atoms with Crippen LogP contribution in [0.15, 0.2) is 36.7 Å². The van der Waals surface area contributed by atoms with Gasteiger partial charge in [-0.2, -0.15) is 18.3 Å². The third-order valence-corrected chi connectivity index (χ3v) is 4.21. The molecule has 3 aromatic rings. The molecule has 0 saturated carbocycles.